The Hall–Kier alpha value is -4.74. The number of benzene rings is 4. The predicted molar refractivity (Wildman–Crippen MR) is 173 cm³/mol. The van der Waals surface area contributed by atoms with Crippen LogP contribution < -0.4 is 15.4 Å². The van der Waals surface area contributed by atoms with Gasteiger partial charge in [-0.15, -0.1) is 0 Å². The van der Waals surface area contributed by atoms with E-state index < -0.39 is 6.29 Å². The quantitative estimate of drug-likeness (QED) is 0.107. The highest BCUT2D eigenvalue weighted by atomic mass is 32.2. The van der Waals surface area contributed by atoms with Gasteiger partial charge in [-0.2, -0.15) is 0 Å². The van der Waals surface area contributed by atoms with Crippen LogP contribution in [0.1, 0.15) is 35.5 Å². The van der Waals surface area contributed by atoms with Gasteiger partial charge in [0.15, 0.2) is 11.4 Å². The second-order valence-corrected chi connectivity index (χ2v) is 11.3. The van der Waals surface area contributed by atoms with Gasteiger partial charge >= 0.3 is 6.03 Å². The van der Waals surface area contributed by atoms with Crippen molar-refractivity contribution >= 4 is 29.2 Å². The molecule has 10 heteroatoms. The SMILES string of the molecule is O=C(Nc1ccc(Oc2ccccc2)cc1)Nc1ccc([C@H]2O[C@@H](CSc3ncccn3)C[C@@H](c3ccc(CO)cc3)O2)cc1. The molecule has 1 aliphatic heterocycles. The van der Waals surface area contributed by atoms with Gasteiger partial charge in [-0.25, -0.2) is 14.8 Å². The van der Waals surface area contributed by atoms with Gasteiger partial charge in [0, 0.05) is 41.5 Å². The number of aliphatic hydroxyl groups is 1. The number of hydrogen-bond acceptors (Lipinski definition) is 8. The van der Waals surface area contributed by atoms with Gasteiger partial charge in [0.05, 0.1) is 18.8 Å². The minimum Gasteiger partial charge on any atom is -0.457 e. The van der Waals surface area contributed by atoms with E-state index in [4.69, 9.17) is 14.2 Å². The molecular formula is C35H32N4O5S. The van der Waals surface area contributed by atoms with Gasteiger partial charge in [0.2, 0.25) is 0 Å². The number of aromatic nitrogens is 2. The number of urea groups is 1. The molecule has 3 atom stereocenters. The topological polar surface area (TPSA) is 115 Å². The standard InChI is InChI=1S/C35H32N4O5S/c40-22-24-7-9-25(10-8-24)32-21-31(23-45-35-36-19-4-20-37-35)43-33(44-32)26-11-13-27(14-12-26)38-34(41)39-28-15-17-30(18-16-28)42-29-5-2-1-3-6-29/h1-20,31-33,40H,21-23H2,(H2,38,39,41)/t31-,32+,33+/m1/s1. The van der Waals surface area contributed by atoms with Gasteiger partial charge in [-0.05, 0) is 65.7 Å². The predicted octanol–water partition coefficient (Wildman–Crippen LogP) is 7.74. The number of anilines is 2. The highest BCUT2D eigenvalue weighted by molar-refractivity contribution is 7.99. The molecule has 6 rings (SSSR count). The summed E-state index contributed by atoms with van der Waals surface area (Å²) in [7, 11) is 0. The van der Waals surface area contributed by atoms with Crippen LogP contribution in [0.4, 0.5) is 16.2 Å². The molecule has 0 saturated carbocycles. The Kier molecular flexibility index (Phi) is 9.98. The number of ether oxygens (including phenoxy) is 3. The van der Waals surface area contributed by atoms with Crippen LogP contribution in [0.2, 0.25) is 0 Å². The lowest BCUT2D eigenvalue weighted by atomic mass is 10.0. The van der Waals surface area contributed by atoms with Crippen molar-refractivity contribution in [1.29, 1.82) is 0 Å². The van der Waals surface area contributed by atoms with Crippen molar-refractivity contribution in [2.75, 3.05) is 16.4 Å². The van der Waals surface area contributed by atoms with Crippen molar-refractivity contribution in [2.45, 2.75) is 36.7 Å². The van der Waals surface area contributed by atoms with E-state index in [1.165, 1.54) is 0 Å². The average Bonchev–Trinajstić information content (AvgIpc) is 3.09. The molecule has 228 valence electrons. The lowest BCUT2D eigenvalue weighted by Gasteiger charge is -2.36. The fourth-order valence-electron chi connectivity index (χ4n) is 4.80. The van der Waals surface area contributed by atoms with Crippen molar-refractivity contribution in [1.82, 2.24) is 9.97 Å². The van der Waals surface area contributed by atoms with Gasteiger partial charge < -0.3 is 30.0 Å². The molecule has 0 bridgehead atoms. The van der Waals surface area contributed by atoms with Crippen LogP contribution in [0, 0.1) is 0 Å². The number of carbonyl (C=O) groups is 1. The first kappa shape index (κ1) is 30.3. The van der Waals surface area contributed by atoms with Crippen LogP contribution in [0.5, 0.6) is 11.5 Å². The van der Waals surface area contributed by atoms with Gasteiger partial charge in [-0.3, -0.25) is 0 Å². The smallest absolute Gasteiger partial charge is 0.323 e. The van der Waals surface area contributed by atoms with E-state index >= 15 is 0 Å². The molecule has 9 nitrogen and oxygen atoms in total. The number of nitrogens with one attached hydrogen (secondary N) is 2. The van der Waals surface area contributed by atoms with Crippen LogP contribution in [-0.4, -0.2) is 33.0 Å². The molecular weight excluding hydrogens is 588 g/mol. The van der Waals surface area contributed by atoms with E-state index in [0.717, 1.165) is 22.4 Å². The highest BCUT2D eigenvalue weighted by Gasteiger charge is 2.32. The van der Waals surface area contributed by atoms with Crippen LogP contribution in [0.25, 0.3) is 0 Å². The lowest BCUT2D eigenvalue weighted by molar-refractivity contribution is -0.245. The third-order valence-corrected chi connectivity index (χ3v) is 8.09. The molecule has 3 N–H and O–H groups in total. The fourth-order valence-corrected chi connectivity index (χ4v) is 5.62. The van der Waals surface area contributed by atoms with Gasteiger partial charge in [0.1, 0.15) is 11.5 Å². The zero-order valence-corrected chi connectivity index (χ0v) is 25.1. The lowest BCUT2D eigenvalue weighted by Crippen LogP contribution is -2.31. The summed E-state index contributed by atoms with van der Waals surface area (Å²) in [5, 5.41) is 15.9. The van der Waals surface area contributed by atoms with Crippen molar-refractivity contribution in [3.63, 3.8) is 0 Å². The summed E-state index contributed by atoms with van der Waals surface area (Å²) in [6.07, 6.45) is 3.18. The Bertz CT molecular complexity index is 1660. The van der Waals surface area contributed by atoms with E-state index in [0.29, 0.717) is 34.5 Å². The van der Waals surface area contributed by atoms with Gasteiger partial charge in [-0.1, -0.05) is 66.4 Å². The summed E-state index contributed by atoms with van der Waals surface area (Å²) in [6.45, 7) is -0.0116. The monoisotopic (exact) mass is 620 g/mol. The van der Waals surface area contributed by atoms with Crippen molar-refractivity contribution < 1.29 is 24.1 Å². The Morgan fingerprint density at radius 1 is 0.778 bits per heavy atom. The van der Waals surface area contributed by atoms with Gasteiger partial charge in [0.25, 0.3) is 0 Å². The first-order chi connectivity index (χ1) is 22.1. The zero-order chi connectivity index (χ0) is 30.8. The number of amides is 2. The number of aliphatic hydroxyl groups excluding tert-OH is 1. The molecule has 1 aromatic heterocycles. The van der Waals surface area contributed by atoms with E-state index in [-0.39, 0.29) is 24.8 Å². The molecule has 1 aliphatic rings. The Morgan fingerprint density at radius 3 is 2.07 bits per heavy atom. The molecule has 0 spiro atoms. The first-order valence-electron chi connectivity index (χ1n) is 14.5. The zero-order valence-electron chi connectivity index (χ0n) is 24.3. The van der Waals surface area contributed by atoms with Crippen LogP contribution in [0.3, 0.4) is 0 Å². The second-order valence-electron chi connectivity index (χ2n) is 10.3. The van der Waals surface area contributed by atoms with Crippen molar-refractivity contribution in [3.8, 4) is 11.5 Å². The molecule has 0 unspecified atom stereocenters. The molecule has 4 aromatic carbocycles. The van der Waals surface area contributed by atoms with E-state index in [2.05, 4.69) is 20.6 Å². The maximum Gasteiger partial charge on any atom is 0.323 e. The molecule has 2 heterocycles. The minimum absolute atomic E-state index is 0.0116. The minimum atomic E-state index is -0.608. The summed E-state index contributed by atoms with van der Waals surface area (Å²) in [6, 6.07) is 33.3. The largest absolute Gasteiger partial charge is 0.457 e. The summed E-state index contributed by atoms with van der Waals surface area (Å²) < 4.78 is 18.6. The molecule has 0 aliphatic carbocycles. The van der Waals surface area contributed by atoms with E-state index in [9.17, 15) is 9.90 Å². The Morgan fingerprint density at radius 2 is 1.40 bits per heavy atom. The second kappa shape index (κ2) is 14.8. The number of nitrogens with zero attached hydrogens (tertiary/aromatic N) is 2. The summed E-state index contributed by atoms with van der Waals surface area (Å²) >= 11 is 1.54. The van der Waals surface area contributed by atoms with Crippen molar-refractivity contribution in [2.24, 2.45) is 0 Å². The highest BCUT2D eigenvalue weighted by Crippen LogP contribution is 2.39. The molecule has 1 saturated heterocycles. The number of rotatable bonds is 10. The molecule has 1 fully saturated rings. The Balaban J connectivity index is 1.08. The molecule has 2 amide bonds. The summed E-state index contributed by atoms with van der Waals surface area (Å²) in [5.41, 5.74) is 3.95. The Labute approximate surface area is 265 Å². The summed E-state index contributed by atoms with van der Waals surface area (Å²) in [5.74, 6) is 2.08. The van der Waals surface area contributed by atoms with E-state index in [1.54, 1.807) is 54.5 Å². The summed E-state index contributed by atoms with van der Waals surface area (Å²) in [4.78, 5) is 21.3. The number of hydrogen-bond donors (Lipinski definition) is 3. The third kappa shape index (κ3) is 8.46. The first-order valence-corrected chi connectivity index (χ1v) is 15.5. The molecule has 0 radical (unpaired) electrons. The molecule has 45 heavy (non-hydrogen) atoms. The third-order valence-electron chi connectivity index (χ3n) is 7.09. The molecule has 5 aromatic rings. The van der Waals surface area contributed by atoms with Crippen LogP contribution in [0.15, 0.2) is 127 Å². The maximum absolute atomic E-state index is 12.7. The number of carbonyl (C=O) groups excluding carboxylic acids is 1. The fraction of sp³-hybridized carbons (Fsp3) is 0.171. The van der Waals surface area contributed by atoms with E-state index in [1.807, 2.05) is 78.9 Å². The van der Waals surface area contributed by atoms with Crippen LogP contribution in [-0.2, 0) is 16.1 Å². The number of para-hydroxylation sites is 1. The average molecular weight is 621 g/mol. The maximum atomic E-state index is 12.7. The number of thioether (sulfide) groups is 1. The normalized spacial score (nSPS) is 17.8. The van der Waals surface area contributed by atoms with Crippen LogP contribution >= 0.6 is 11.8 Å². The van der Waals surface area contributed by atoms with Crippen molar-refractivity contribution in [3.05, 3.63) is 138 Å².